The van der Waals surface area contributed by atoms with E-state index in [9.17, 15) is 0 Å². The number of hydrogen-bond acceptors (Lipinski definition) is 1. The minimum absolute atomic E-state index is 0.631. The minimum atomic E-state index is 0.631. The van der Waals surface area contributed by atoms with Crippen LogP contribution in [0.4, 0.5) is 0 Å². The third-order valence-electron chi connectivity index (χ3n) is 1.96. The normalized spacial score (nSPS) is 11.8. The molecule has 0 aliphatic heterocycles. The Hall–Kier alpha value is -0.863. The van der Waals surface area contributed by atoms with E-state index < -0.39 is 0 Å². The summed E-state index contributed by atoms with van der Waals surface area (Å²) in [6.45, 7) is 4.87. The standard InChI is InChI=1S/C11H15NSi/c1-3-9(2)13-11-6-4-10(8-12)5-7-11/h3-7H,8,12H2,1-2H3/b9-3+. The van der Waals surface area contributed by atoms with E-state index in [-0.39, 0.29) is 0 Å². The molecule has 0 atom stereocenters. The van der Waals surface area contributed by atoms with Crippen LogP contribution in [0.5, 0.6) is 0 Å². The van der Waals surface area contributed by atoms with Gasteiger partial charge in [0, 0.05) is 6.54 Å². The van der Waals surface area contributed by atoms with Crippen LogP contribution >= 0.6 is 0 Å². The van der Waals surface area contributed by atoms with Gasteiger partial charge in [0.15, 0.2) is 0 Å². The smallest absolute Gasteiger partial charge is 0.115 e. The summed E-state index contributed by atoms with van der Waals surface area (Å²) in [5.41, 5.74) is 6.72. The Bertz CT molecular complexity index is 287. The second kappa shape index (κ2) is 4.99. The van der Waals surface area contributed by atoms with Crippen molar-refractivity contribution in [2.75, 3.05) is 0 Å². The number of benzene rings is 1. The quantitative estimate of drug-likeness (QED) is 0.715. The molecule has 0 spiro atoms. The topological polar surface area (TPSA) is 26.0 Å². The van der Waals surface area contributed by atoms with Crippen LogP contribution < -0.4 is 10.9 Å². The van der Waals surface area contributed by atoms with Crippen molar-refractivity contribution >= 4 is 14.7 Å². The summed E-state index contributed by atoms with van der Waals surface area (Å²) < 4.78 is 0. The van der Waals surface area contributed by atoms with Crippen molar-refractivity contribution in [1.29, 1.82) is 0 Å². The summed E-state index contributed by atoms with van der Waals surface area (Å²) in [5.74, 6) is 0. The number of hydrogen-bond donors (Lipinski definition) is 1. The van der Waals surface area contributed by atoms with E-state index in [0.717, 1.165) is 9.52 Å². The SMILES string of the molecule is C/C=C(\C)[Si]c1ccc(CN)cc1. The van der Waals surface area contributed by atoms with Crippen molar-refractivity contribution < 1.29 is 0 Å². The molecule has 0 saturated carbocycles. The number of allylic oxidation sites excluding steroid dienone is 2. The summed E-state index contributed by atoms with van der Waals surface area (Å²) in [7, 11) is 0.796. The average molecular weight is 189 g/mol. The Morgan fingerprint density at radius 2 is 2.00 bits per heavy atom. The highest BCUT2D eigenvalue weighted by molar-refractivity contribution is 6.60. The van der Waals surface area contributed by atoms with Crippen LogP contribution in [-0.4, -0.2) is 9.52 Å². The van der Waals surface area contributed by atoms with Gasteiger partial charge in [0.2, 0.25) is 0 Å². The molecule has 1 aromatic rings. The highest BCUT2D eigenvalue weighted by Gasteiger charge is 1.95. The Balaban J connectivity index is 2.69. The lowest BCUT2D eigenvalue weighted by atomic mass is 10.2. The monoisotopic (exact) mass is 189 g/mol. The predicted molar refractivity (Wildman–Crippen MR) is 59.2 cm³/mol. The molecule has 0 unspecified atom stereocenters. The Morgan fingerprint density at radius 3 is 2.46 bits per heavy atom. The fourth-order valence-electron chi connectivity index (χ4n) is 1.02. The summed E-state index contributed by atoms with van der Waals surface area (Å²) in [6.07, 6.45) is 2.16. The predicted octanol–water partition coefficient (Wildman–Crippen LogP) is 1.40. The summed E-state index contributed by atoms with van der Waals surface area (Å²) in [6, 6.07) is 8.53. The Labute approximate surface area is 82.5 Å². The second-order valence-corrected chi connectivity index (χ2v) is 4.61. The van der Waals surface area contributed by atoms with Gasteiger partial charge in [0.1, 0.15) is 9.52 Å². The molecule has 1 nitrogen and oxygen atoms in total. The first-order valence-electron chi connectivity index (χ1n) is 4.45. The Kier molecular flexibility index (Phi) is 3.93. The summed E-state index contributed by atoms with van der Waals surface area (Å²) in [4.78, 5) is 0. The third-order valence-corrected chi connectivity index (χ3v) is 3.27. The lowest BCUT2D eigenvalue weighted by molar-refractivity contribution is 1.07. The summed E-state index contributed by atoms with van der Waals surface area (Å²) >= 11 is 0. The number of nitrogens with two attached hydrogens (primary N) is 1. The molecule has 0 aliphatic rings. The first-order chi connectivity index (χ1) is 6.26. The van der Waals surface area contributed by atoms with E-state index in [2.05, 4.69) is 44.2 Å². The van der Waals surface area contributed by atoms with Crippen molar-refractivity contribution in [2.24, 2.45) is 5.73 Å². The first-order valence-corrected chi connectivity index (χ1v) is 5.45. The molecule has 0 aliphatic carbocycles. The van der Waals surface area contributed by atoms with Gasteiger partial charge >= 0.3 is 0 Å². The molecular formula is C11H15NSi. The van der Waals surface area contributed by atoms with E-state index in [0.29, 0.717) is 6.54 Å². The van der Waals surface area contributed by atoms with Crippen LogP contribution in [-0.2, 0) is 6.54 Å². The molecule has 1 aromatic carbocycles. The maximum Gasteiger partial charge on any atom is 0.115 e. The van der Waals surface area contributed by atoms with Gasteiger partial charge in [-0.25, -0.2) is 0 Å². The highest BCUT2D eigenvalue weighted by Crippen LogP contribution is 1.96. The van der Waals surface area contributed by atoms with Crippen LogP contribution in [0.15, 0.2) is 35.5 Å². The second-order valence-electron chi connectivity index (χ2n) is 3.00. The molecule has 2 N–H and O–H groups in total. The zero-order valence-electron chi connectivity index (χ0n) is 8.17. The molecule has 68 valence electrons. The van der Waals surface area contributed by atoms with Gasteiger partial charge < -0.3 is 5.73 Å². The fourth-order valence-corrected chi connectivity index (χ4v) is 1.96. The van der Waals surface area contributed by atoms with Crippen LogP contribution in [0.1, 0.15) is 19.4 Å². The molecule has 0 bridgehead atoms. The first kappa shape index (κ1) is 10.2. The molecular weight excluding hydrogens is 174 g/mol. The van der Waals surface area contributed by atoms with Gasteiger partial charge in [-0.1, -0.05) is 40.7 Å². The molecule has 0 amide bonds. The molecule has 0 aromatic heterocycles. The van der Waals surface area contributed by atoms with Gasteiger partial charge in [-0.15, -0.1) is 0 Å². The fraction of sp³-hybridized carbons (Fsp3) is 0.273. The van der Waals surface area contributed by atoms with Gasteiger partial charge in [0.25, 0.3) is 0 Å². The van der Waals surface area contributed by atoms with E-state index in [1.165, 1.54) is 15.9 Å². The van der Waals surface area contributed by atoms with Crippen molar-refractivity contribution in [1.82, 2.24) is 0 Å². The largest absolute Gasteiger partial charge is 0.326 e. The van der Waals surface area contributed by atoms with Gasteiger partial charge in [0.05, 0.1) is 0 Å². The van der Waals surface area contributed by atoms with E-state index in [1.54, 1.807) is 0 Å². The molecule has 0 fully saturated rings. The summed E-state index contributed by atoms with van der Waals surface area (Å²) in [5, 5.41) is 2.81. The van der Waals surface area contributed by atoms with Crippen molar-refractivity contribution in [3.63, 3.8) is 0 Å². The molecule has 0 saturated heterocycles. The molecule has 1 rings (SSSR count). The molecule has 2 heteroatoms. The minimum Gasteiger partial charge on any atom is -0.326 e. The highest BCUT2D eigenvalue weighted by atomic mass is 28.2. The molecule has 0 heterocycles. The Morgan fingerprint density at radius 1 is 1.38 bits per heavy atom. The van der Waals surface area contributed by atoms with Crippen LogP contribution in [0.25, 0.3) is 0 Å². The third kappa shape index (κ3) is 3.17. The van der Waals surface area contributed by atoms with E-state index in [1.807, 2.05) is 0 Å². The average Bonchev–Trinajstić information content (AvgIpc) is 2.19. The van der Waals surface area contributed by atoms with E-state index >= 15 is 0 Å². The van der Waals surface area contributed by atoms with E-state index in [4.69, 9.17) is 5.73 Å². The lowest BCUT2D eigenvalue weighted by Gasteiger charge is -2.01. The van der Waals surface area contributed by atoms with Crippen LogP contribution in [0.3, 0.4) is 0 Å². The van der Waals surface area contributed by atoms with Gasteiger partial charge in [-0.2, -0.15) is 0 Å². The van der Waals surface area contributed by atoms with Gasteiger partial charge in [-0.05, 0) is 19.4 Å². The van der Waals surface area contributed by atoms with Crippen molar-refractivity contribution in [3.05, 3.63) is 41.1 Å². The maximum atomic E-state index is 5.52. The lowest BCUT2D eigenvalue weighted by Crippen LogP contribution is -2.15. The maximum absolute atomic E-state index is 5.52. The zero-order valence-corrected chi connectivity index (χ0v) is 9.17. The number of rotatable bonds is 3. The van der Waals surface area contributed by atoms with Crippen molar-refractivity contribution in [3.8, 4) is 0 Å². The van der Waals surface area contributed by atoms with Gasteiger partial charge in [-0.3, -0.25) is 0 Å². The molecule has 13 heavy (non-hydrogen) atoms. The van der Waals surface area contributed by atoms with Crippen molar-refractivity contribution in [2.45, 2.75) is 20.4 Å². The van der Waals surface area contributed by atoms with Crippen LogP contribution in [0, 0.1) is 0 Å². The molecule has 2 radical (unpaired) electrons. The van der Waals surface area contributed by atoms with Crippen LogP contribution in [0.2, 0.25) is 0 Å². The zero-order chi connectivity index (χ0) is 9.68.